The number of nitro groups is 2. The standard InChI is InChI=1S/C22H17BrN4O8/c1-33-20-7-4-14(10-21(20)34-2)22(28)25-24-12-13-3-6-18(16(23)9-13)35-19-8-5-15(26(29)30)11-17(19)27(31)32/h3-12H,1-2H3,(H,25,28)/b24-12+. The van der Waals surface area contributed by atoms with Gasteiger partial charge in [-0.25, -0.2) is 5.43 Å². The lowest BCUT2D eigenvalue weighted by Gasteiger charge is -2.09. The maximum absolute atomic E-state index is 12.3. The number of carbonyl (C=O) groups excluding carboxylic acids is 1. The molecule has 0 saturated carbocycles. The lowest BCUT2D eigenvalue weighted by atomic mass is 10.2. The molecule has 0 heterocycles. The maximum Gasteiger partial charge on any atom is 0.318 e. The molecule has 3 rings (SSSR count). The zero-order valence-electron chi connectivity index (χ0n) is 18.3. The molecule has 3 aromatic carbocycles. The Hall–Kier alpha value is -4.52. The fraction of sp³-hybridized carbons (Fsp3) is 0.0909. The normalized spacial score (nSPS) is 10.6. The summed E-state index contributed by atoms with van der Waals surface area (Å²) in [5, 5.41) is 26.1. The van der Waals surface area contributed by atoms with Crippen LogP contribution in [-0.4, -0.2) is 36.2 Å². The number of nitrogens with zero attached hydrogens (tertiary/aromatic N) is 3. The molecule has 0 aliphatic carbocycles. The van der Waals surface area contributed by atoms with Gasteiger partial charge < -0.3 is 14.2 Å². The number of carbonyl (C=O) groups is 1. The Morgan fingerprint density at radius 1 is 0.914 bits per heavy atom. The summed E-state index contributed by atoms with van der Waals surface area (Å²) in [5.41, 5.74) is 2.32. The van der Waals surface area contributed by atoms with Crippen molar-refractivity contribution >= 4 is 39.4 Å². The maximum atomic E-state index is 12.3. The number of nitrogens with one attached hydrogen (secondary N) is 1. The highest BCUT2D eigenvalue weighted by Crippen LogP contribution is 2.37. The number of amides is 1. The van der Waals surface area contributed by atoms with Crippen LogP contribution >= 0.6 is 15.9 Å². The van der Waals surface area contributed by atoms with Gasteiger partial charge in [0.1, 0.15) is 5.75 Å². The third kappa shape index (κ3) is 6.09. The van der Waals surface area contributed by atoms with E-state index in [1.165, 1.54) is 32.6 Å². The first-order valence-corrected chi connectivity index (χ1v) is 10.5. The number of hydrazone groups is 1. The predicted molar refractivity (Wildman–Crippen MR) is 129 cm³/mol. The van der Waals surface area contributed by atoms with E-state index in [2.05, 4.69) is 26.5 Å². The summed E-state index contributed by atoms with van der Waals surface area (Å²) in [6.07, 6.45) is 1.39. The van der Waals surface area contributed by atoms with Gasteiger partial charge in [0.05, 0.1) is 40.8 Å². The van der Waals surface area contributed by atoms with Crippen molar-refractivity contribution < 1.29 is 28.9 Å². The van der Waals surface area contributed by atoms with Crippen LogP contribution in [0, 0.1) is 20.2 Å². The highest BCUT2D eigenvalue weighted by atomic mass is 79.9. The summed E-state index contributed by atoms with van der Waals surface area (Å²) < 4.78 is 16.3. The van der Waals surface area contributed by atoms with E-state index in [0.29, 0.717) is 27.1 Å². The number of nitro benzene ring substituents is 2. The highest BCUT2D eigenvalue weighted by molar-refractivity contribution is 9.10. The topological polar surface area (TPSA) is 155 Å². The second kappa shape index (κ2) is 11.1. The van der Waals surface area contributed by atoms with Gasteiger partial charge in [0.25, 0.3) is 11.6 Å². The zero-order valence-corrected chi connectivity index (χ0v) is 19.8. The fourth-order valence-corrected chi connectivity index (χ4v) is 3.33. The minimum absolute atomic E-state index is 0.162. The number of halogens is 1. The molecule has 0 fully saturated rings. The molecule has 0 aromatic heterocycles. The summed E-state index contributed by atoms with van der Waals surface area (Å²) in [6.45, 7) is 0. The van der Waals surface area contributed by atoms with Gasteiger partial charge >= 0.3 is 5.69 Å². The molecular weight excluding hydrogens is 528 g/mol. The van der Waals surface area contributed by atoms with Crippen LogP contribution in [0.5, 0.6) is 23.0 Å². The molecule has 0 spiro atoms. The Morgan fingerprint density at radius 2 is 1.60 bits per heavy atom. The van der Waals surface area contributed by atoms with E-state index in [0.717, 1.165) is 18.2 Å². The van der Waals surface area contributed by atoms with Gasteiger partial charge in [0, 0.05) is 11.6 Å². The summed E-state index contributed by atoms with van der Waals surface area (Å²) in [5.74, 6) is 0.487. The first kappa shape index (κ1) is 25.1. The van der Waals surface area contributed by atoms with Crippen molar-refractivity contribution in [3.05, 3.63) is 90.4 Å². The van der Waals surface area contributed by atoms with Crippen LogP contribution in [-0.2, 0) is 0 Å². The molecule has 1 N–H and O–H groups in total. The molecule has 0 radical (unpaired) electrons. The number of ether oxygens (including phenoxy) is 3. The quantitative estimate of drug-likeness (QED) is 0.228. The van der Waals surface area contributed by atoms with Crippen LogP contribution in [0.3, 0.4) is 0 Å². The zero-order chi connectivity index (χ0) is 25.5. The minimum Gasteiger partial charge on any atom is -0.493 e. The van der Waals surface area contributed by atoms with Crippen molar-refractivity contribution in [3.63, 3.8) is 0 Å². The summed E-state index contributed by atoms with van der Waals surface area (Å²) in [4.78, 5) is 33.0. The van der Waals surface area contributed by atoms with Gasteiger partial charge in [0.2, 0.25) is 5.75 Å². The smallest absolute Gasteiger partial charge is 0.318 e. The molecule has 0 unspecified atom stereocenters. The van der Waals surface area contributed by atoms with E-state index >= 15 is 0 Å². The second-order valence-corrected chi connectivity index (χ2v) is 7.58. The number of hydrogen-bond donors (Lipinski definition) is 1. The SMILES string of the molecule is COc1ccc(C(=O)N/N=C/c2ccc(Oc3ccc([N+](=O)[O-])cc3[N+](=O)[O-])c(Br)c2)cc1OC. The molecule has 0 aliphatic heterocycles. The summed E-state index contributed by atoms with van der Waals surface area (Å²) in [6, 6.07) is 12.5. The van der Waals surface area contributed by atoms with Crippen LogP contribution in [0.1, 0.15) is 15.9 Å². The van der Waals surface area contributed by atoms with Crippen molar-refractivity contribution in [1.82, 2.24) is 5.43 Å². The van der Waals surface area contributed by atoms with E-state index in [1.807, 2.05) is 0 Å². The van der Waals surface area contributed by atoms with Crippen LogP contribution in [0.25, 0.3) is 0 Å². The number of non-ortho nitro benzene ring substituents is 1. The number of hydrogen-bond acceptors (Lipinski definition) is 9. The Balaban J connectivity index is 1.71. The van der Waals surface area contributed by atoms with Gasteiger partial charge in [-0.15, -0.1) is 0 Å². The average Bonchev–Trinajstić information content (AvgIpc) is 2.84. The van der Waals surface area contributed by atoms with Crippen molar-refractivity contribution in [2.45, 2.75) is 0 Å². The van der Waals surface area contributed by atoms with E-state index in [9.17, 15) is 25.0 Å². The van der Waals surface area contributed by atoms with Crippen molar-refractivity contribution in [2.24, 2.45) is 5.10 Å². The van der Waals surface area contributed by atoms with Crippen LogP contribution in [0.15, 0.2) is 64.2 Å². The Morgan fingerprint density at radius 3 is 2.23 bits per heavy atom. The summed E-state index contributed by atoms with van der Waals surface area (Å²) >= 11 is 3.31. The van der Waals surface area contributed by atoms with Crippen LogP contribution in [0.2, 0.25) is 0 Å². The molecule has 1 amide bonds. The van der Waals surface area contributed by atoms with Gasteiger partial charge in [-0.2, -0.15) is 5.10 Å². The highest BCUT2D eigenvalue weighted by Gasteiger charge is 2.21. The molecule has 0 saturated heterocycles. The summed E-state index contributed by atoms with van der Waals surface area (Å²) in [7, 11) is 2.95. The lowest BCUT2D eigenvalue weighted by Crippen LogP contribution is -2.17. The lowest BCUT2D eigenvalue weighted by molar-refractivity contribution is -0.394. The average molecular weight is 545 g/mol. The van der Waals surface area contributed by atoms with Crippen LogP contribution in [0.4, 0.5) is 11.4 Å². The Kier molecular flexibility index (Phi) is 7.94. The van der Waals surface area contributed by atoms with Gasteiger partial charge in [0.15, 0.2) is 11.5 Å². The minimum atomic E-state index is -0.766. The van der Waals surface area contributed by atoms with Gasteiger partial charge in [-0.1, -0.05) is 0 Å². The largest absolute Gasteiger partial charge is 0.493 e. The van der Waals surface area contributed by atoms with Crippen molar-refractivity contribution in [3.8, 4) is 23.0 Å². The molecule has 13 heteroatoms. The molecule has 3 aromatic rings. The first-order chi connectivity index (χ1) is 16.7. The first-order valence-electron chi connectivity index (χ1n) is 9.69. The van der Waals surface area contributed by atoms with Crippen LogP contribution < -0.4 is 19.6 Å². The second-order valence-electron chi connectivity index (χ2n) is 6.73. The monoisotopic (exact) mass is 544 g/mol. The Labute approximate surface area is 206 Å². The molecular formula is C22H17BrN4O8. The molecule has 0 bridgehead atoms. The fourth-order valence-electron chi connectivity index (χ4n) is 2.85. The predicted octanol–water partition coefficient (Wildman–Crippen LogP) is 4.84. The van der Waals surface area contributed by atoms with Crippen molar-refractivity contribution in [2.75, 3.05) is 14.2 Å². The van der Waals surface area contributed by atoms with E-state index in [4.69, 9.17) is 14.2 Å². The van der Waals surface area contributed by atoms with Gasteiger partial charge in [-0.3, -0.25) is 25.0 Å². The van der Waals surface area contributed by atoms with E-state index in [-0.39, 0.29) is 11.5 Å². The van der Waals surface area contributed by atoms with Crippen molar-refractivity contribution in [1.29, 1.82) is 0 Å². The van der Waals surface area contributed by atoms with Gasteiger partial charge in [-0.05, 0) is 64.0 Å². The van der Waals surface area contributed by atoms with E-state index < -0.39 is 27.1 Å². The number of benzene rings is 3. The third-order valence-corrected chi connectivity index (χ3v) is 5.17. The number of methoxy groups -OCH3 is 2. The molecule has 180 valence electrons. The Bertz CT molecular complexity index is 1330. The van der Waals surface area contributed by atoms with E-state index in [1.54, 1.807) is 24.3 Å². The molecule has 12 nitrogen and oxygen atoms in total. The molecule has 0 atom stereocenters. The molecule has 35 heavy (non-hydrogen) atoms. The number of rotatable bonds is 9. The third-order valence-electron chi connectivity index (χ3n) is 4.55. The molecule has 0 aliphatic rings.